The van der Waals surface area contributed by atoms with Crippen LogP contribution in [0.5, 0.6) is 0 Å². The summed E-state index contributed by atoms with van der Waals surface area (Å²) in [6, 6.07) is 3.36. The summed E-state index contributed by atoms with van der Waals surface area (Å²) < 4.78 is 25.0. The molecule has 0 radical (unpaired) electrons. The van der Waals surface area contributed by atoms with Gasteiger partial charge in [0.1, 0.15) is 5.82 Å². The molecule has 0 atom stereocenters. The predicted molar refractivity (Wildman–Crippen MR) is 82.8 cm³/mol. The fourth-order valence-corrected chi connectivity index (χ4v) is 2.81. The Morgan fingerprint density at radius 1 is 1.33 bits per heavy atom. The second kappa shape index (κ2) is 6.40. The van der Waals surface area contributed by atoms with Crippen LogP contribution in [-0.2, 0) is 10.0 Å². The molecule has 0 spiro atoms. The van der Waals surface area contributed by atoms with Gasteiger partial charge in [-0.05, 0) is 26.0 Å². The maximum atomic E-state index is 11.7. The Kier molecular flexibility index (Phi) is 5.30. The Morgan fingerprint density at radius 3 is 2.38 bits per heavy atom. The molecule has 0 bridgehead atoms. The molecule has 2 N–H and O–H groups in total. The number of aromatic nitrogens is 1. The topological polar surface area (TPSA) is 91.4 Å². The van der Waals surface area contributed by atoms with Crippen LogP contribution < -0.4 is 10.0 Å². The van der Waals surface area contributed by atoms with E-state index in [9.17, 15) is 13.2 Å². The fourth-order valence-electron chi connectivity index (χ4n) is 1.73. The third kappa shape index (κ3) is 6.09. The van der Waals surface area contributed by atoms with Gasteiger partial charge in [0.25, 0.3) is 5.91 Å². The number of hydrogen-bond acceptors (Lipinski definition) is 5. The highest BCUT2D eigenvalue weighted by Gasteiger charge is 2.21. The van der Waals surface area contributed by atoms with Gasteiger partial charge in [-0.3, -0.25) is 4.79 Å². The standard InChI is InChI=1S/C13H22N4O3S/c1-13(2,16-21(5,19)20)9-15-11-7-6-10(8-14-11)12(18)17(3)4/h6-8,16H,9H2,1-5H3,(H,14,15). The Morgan fingerprint density at radius 2 is 1.95 bits per heavy atom. The van der Waals surface area contributed by atoms with E-state index >= 15 is 0 Å². The summed E-state index contributed by atoms with van der Waals surface area (Å²) in [7, 11) is 0.0747. The van der Waals surface area contributed by atoms with Gasteiger partial charge in [0.15, 0.2) is 0 Å². The van der Waals surface area contributed by atoms with Crippen LogP contribution in [-0.4, -0.2) is 56.6 Å². The van der Waals surface area contributed by atoms with Crippen LogP contribution in [0.3, 0.4) is 0 Å². The molecule has 0 aliphatic rings. The molecule has 0 aromatic carbocycles. The summed E-state index contributed by atoms with van der Waals surface area (Å²) >= 11 is 0. The molecule has 0 saturated heterocycles. The number of anilines is 1. The van der Waals surface area contributed by atoms with E-state index in [1.807, 2.05) is 0 Å². The summed E-state index contributed by atoms with van der Waals surface area (Å²) in [4.78, 5) is 17.3. The number of amides is 1. The van der Waals surface area contributed by atoms with E-state index in [1.54, 1.807) is 40.1 Å². The lowest BCUT2D eigenvalue weighted by atomic mass is 10.1. The summed E-state index contributed by atoms with van der Waals surface area (Å²) in [5.41, 5.74) is -0.146. The van der Waals surface area contributed by atoms with Crippen LogP contribution in [0.25, 0.3) is 0 Å². The summed E-state index contributed by atoms with van der Waals surface area (Å²) in [5, 5.41) is 3.04. The van der Waals surface area contributed by atoms with E-state index in [1.165, 1.54) is 11.1 Å². The first-order valence-corrected chi connectivity index (χ1v) is 8.30. The van der Waals surface area contributed by atoms with Gasteiger partial charge in [-0.15, -0.1) is 0 Å². The largest absolute Gasteiger partial charge is 0.368 e. The van der Waals surface area contributed by atoms with E-state index < -0.39 is 15.6 Å². The van der Waals surface area contributed by atoms with E-state index in [2.05, 4.69) is 15.0 Å². The average Bonchev–Trinajstić information content (AvgIpc) is 2.33. The monoisotopic (exact) mass is 314 g/mol. The van der Waals surface area contributed by atoms with Gasteiger partial charge in [-0.2, -0.15) is 0 Å². The summed E-state index contributed by atoms with van der Waals surface area (Å²) in [5.74, 6) is 0.460. The van der Waals surface area contributed by atoms with Gasteiger partial charge in [0.05, 0.1) is 11.8 Å². The summed E-state index contributed by atoms with van der Waals surface area (Å²) in [6.45, 7) is 3.91. The van der Waals surface area contributed by atoms with Gasteiger partial charge in [0.2, 0.25) is 10.0 Å². The Labute approximate surface area is 125 Å². The SMILES string of the molecule is CN(C)C(=O)c1ccc(NCC(C)(C)NS(C)(=O)=O)nc1. The lowest BCUT2D eigenvalue weighted by Gasteiger charge is -2.25. The molecule has 1 rings (SSSR count). The second-order valence-electron chi connectivity index (χ2n) is 5.74. The van der Waals surface area contributed by atoms with Crippen molar-refractivity contribution in [3.63, 3.8) is 0 Å². The molecule has 1 aromatic rings. The fraction of sp³-hybridized carbons (Fsp3) is 0.538. The van der Waals surface area contributed by atoms with Crippen LogP contribution in [0.4, 0.5) is 5.82 Å². The van der Waals surface area contributed by atoms with Gasteiger partial charge in [-0.25, -0.2) is 18.1 Å². The number of rotatable bonds is 6. The maximum absolute atomic E-state index is 11.7. The number of carbonyl (C=O) groups excluding carboxylic acids is 1. The van der Waals surface area contributed by atoms with E-state index in [0.29, 0.717) is 17.9 Å². The van der Waals surface area contributed by atoms with Crippen LogP contribution in [0.2, 0.25) is 0 Å². The lowest BCUT2D eigenvalue weighted by Crippen LogP contribution is -2.47. The first-order valence-electron chi connectivity index (χ1n) is 6.41. The van der Waals surface area contributed by atoms with Crippen molar-refractivity contribution in [2.75, 3.05) is 32.2 Å². The molecule has 7 nitrogen and oxygen atoms in total. The van der Waals surface area contributed by atoms with Gasteiger partial charge >= 0.3 is 0 Å². The van der Waals surface area contributed by atoms with Crippen molar-refractivity contribution >= 4 is 21.7 Å². The highest BCUT2D eigenvalue weighted by atomic mass is 32.2. The van der Waals surface area contributed by atoms with Crippen molar-refractivity contribution in [1.29, 1.82) is 0 Å². The predicted octanol–water partition coefficient (Wildman–Crippen LogP) is 0.523. The molecule has 21 heavy (non-hydrogen) atoms. The van der Waals surface area contributed by atoms with Crippen LogP contribution in [0, 0.1) is 0 Å². The number of hydrogen-bond donors (Lipinski definition) is 2. The number of carbonyl (C=O) groups is 1. The van der Waals surface area contributed by atoms with E-state index in [-0.39, 0.29) is 5.91 Å². The van der Waals surface area contributed by atoms with Crippen molar-refractivity contribution in [1.82, 2.24) is 14.6 Å². The number of nitrogens with zero attached hydrogens (tertiary/aromatic N) is 2. The Hall–Kier alpha value is -1.67. The molecule has 0 fully saturated rings. The molecule has 118 valence electrons. The molecule has 1 amide bonds. The zero-order valence-electron chi connectivity index (χ0n) is 13.0. The minimum absolute atomic E-state index is 0.117. The average molecular weight is 314 g/mol. The number of nitrogens with one attached hydrogen (secondary N) is 2. The third-order valence-electron chi connectivity index (χ3n) is 2.59. The van der Waals surface area contributed by atoms with Crippen molar-refractivity contribution in [3.8, 4) is 0 Å². The van der Waals surface area contributed by atoms with Crippen LogP contribution >= 0.6 is 0 Å². The van der Waals surface area contributed by atoms with Gasteiger partial charge in [-0.1, -0.05) is 0 Å². The Bertz CT molecular complexity index is 594. The smallest absolute Gasteiger partial charge is 0.254 e. The van der Waals surface area contributed by atoms with Crippen molar-refractivity contribution in [3.05, 3.63) is 23.9 Å². The molecule has 1 aromatic heterocycles. The molecule has 0 saturated carbocycles. The van der Waals surface area contributed by atoms with Gasteiger partial charge < -0.3 is 10.2 Å². The minimum Gasteiger partial charge on any atom is -0.368 e. The first-order chi connectivity index (χ1) is 9.50. The van der Waals surface area contributed by atoms with E-state index in [0.717, 1.165) is 6.26 Å². The zero-order chi connectivity index (χ0) is 16.3. The normalized spacial score (nSPS) is 12.0. The lowest BCUT2D eigenvalue weighted by molar-refractivity contribution is 0.0827. The van der Waals surface area contributed by atoms with Crippen molar-refractivity contribution < 1.29 is 13.2 Å². The molecule has 0 aliphatic carbocycles. The van der Waals surface area contributed by atoms with Crippen molar-refractivity contribution in [2.24, 2.45) is 0 Å². The number of sulfonamides is 1. The summed E-state index contributed by atoms with van der Waals surface area (Å²) in [6.07, 6.45) is 2.61. The van der Waals surface area contributed by atoms with E-state index in [4.69, 9.17) is 0 Å². The maximum Gasteiger partial charge on any atom is 0.254 e. The molecule has 8 heteroatoms. The quantitative estimate of drug-likeness (QED) is 0.799. The molecular formula is C13H22N4O3S. The first kappa shape index (κ1) is 17.4. The van der Waals surface area contributed by atoms with Crippen LogP contribution in [0.15, 0.2) is 18.3 Å². The highest BCUT2D eigenvalue weighted by molar-refractivity contribution is 7.88. The van der Waals surface area contributed by atoms with Crippen LogP contribution in [0.1, 0.15) is 24.2 Å². The highest BCUT2D eigenvalue weighted by Crippen LogP contribution is 2.10. The molecule has 0 aliphatic heterocycles. The number of pyridine rings is 1. The third-order valence-corrected chi connectivity index (χ3v) is 3.51. The molecule has 1 heterocycles. The zero-order valence-corrected chi connectivity index (χ0v) is 13.8. The van der Waals surface area contributed by atoms with Crippen molar-refractivity contribution in [2.45, 2.75) is 19.4 Å². The second-order valence-corrected chi connectivity index (χ2v) is 7.49. The van der Waals surface area contributed by atoms with Gasteiger partial charge in [0, 0.05) is 32.4 Å². The Balaban J connectivity index is 2.67. The molecular weight excluding hydrogens is 292 g/mol. The minimum atomic E-state index is -3.27. The molecule has 0 unspecified atom stereocenters.